The molecule has 31 heavy (non-hydrogen) atoms. The maximum atomic E-state index is 12.4. The minimum atomic E-state index is -0.501. The summed E-state index contributed by atoms with van der Waals surface area (Å²) < 4.78 is 1.50. The van der Waals surface area contributed by atoms with Gasteiger partial charge >= 0.3 is 0 Å². The van der Waals surface area contributed by atoms with E-state index in [1.54, 1.807) is 12.3 Å². The van der Waals surface area contributed by atoms with Crippen LogP contribution in [0, 0.1) is 0 Å². The predicted octanol–water partition coefficient (Wildman–Crippen LogP) is 2.14. The monoisotopic (exact) mass is 421 g/mol. The highest BCUT2D eigenvalue weighted by atomic mass is 16.3. The molecule has 3 aromatic rings. The molecule has 2 fully saturated rings. The number of pyridine rings is 1. The Morgan fingerprint density at radius 1 is 1.06 bits per heavy atom. The molecule has 3 unspecified atom stereocenters. The number of hydrogen-bond donors (Lipinski definition) is 2. The third-order valence-electron chi connectivity index (χ3n) is 6.40. The van der Waals surface area contributed by atoms with E-state index in [0.29, 0.717) is 12.2 Å². The summed E-state index contributed by atoms with van der Waals surface area (Å²) >= 11 is 0. The Morgan fingerprint density at radius 3 is 2.87 bits per heavy atom. The zero-order chi connectivity index (χ0) is 21.2. The lowest BCUT2D eigenvalue weighted by molar-refractivity contribution is 0.127. The van der Waals surface area contributed by atoms with Crippen LogP contribution in [0.15, 0.2) is 41.6 Å². The van der Waals surface area contributed by atoms with Gasteiger partial charge in [-0.1, -0.05) is 0 Å². The molecule has 0 amide bonds. The van der Waals surface area contributed by atoms with Gasteiger partial charge in [0.1, 0.15) is 18.0 Å². The van der Waals surface area contributed by atoms with E-state index >= 15 is 0 Å². The van der Waals surface area contributed by atoms with Gasteiger partial charge in [0.2, 0.25) is 0 Å². The number of anilines is 2. The smallest absolute Gasteiger partial charge is 0.267 e. The van der Waals surface area contributed by atoms with Crippen molar-refractivity contribution in [3.05, 3.63) is 47.1 Å². The predicted molar refractivity (Wildman–Crippen MR) is 118 cm³/mol. The molecule has 1 aliphatic heterocycles. The largest absolute Gasteiger partial charge is 0.391 e. The minimum Gasteiger partial charge on any atom is -0.391 e. The molecule has 162 valence electrons. The van der Waals surface area contributed by atoms with Gasteiger partial charge < -0.3 is 15.3 Å². The first kappa shape index (κ1) is 19.9. The first-order valence-corrected chi connectivity index (χ1v) is 11.0. The highest BCUT2D eigenvalue weighted by Gasteiger charge is 2.30. The van der Waals surface area contributed by atoms with E-state index < -0.39 is 6.10 Å². The molecule has 1 saturated heterocycles. The lowest BCUT2D eigenvalue weighted by Gasteiger charge is -2.37. The van der Waals surface area contributed by atoms with Crippen LogP contribution in [0.1, 0.15) is 44.6 Å². The van der Waals surface area contributed by atoms with Gasteiger partial charge in [0, 0.05) is 31.4 Å². The maximum absolute atomic E-state index is 12.4. The van der Waals surface area contributed by atoms with E-state index in [-0.39, 0.29) is 17.6 Å². The second-order valence-electron chi connectivity index (χ2n) is 8.36. The van der Waals surface area contributed by atoms with Crippen molar-refractivity contribution in [1.82, 2.24) is 24.7 Å². The van der Waals surface area contributed by atoms with Gasteiger partial charge in [-0.05, 0) is 56.7 Å². The van der Waals surface area contributed by atoms with Gasteiger partial charge in [-0.3, -0.25) is 4.79 Å². The van der Waals surface area contributed by atoms with Crippen molar-refractivity contribution in [3.63, 3.8) is 0 Å². The fourth-order valence-electron chi connectivity index (χ4n) is 4.78. The number of aliphatic hydroxyl groups excluding tert-OH is 1. The molecular weight excluding hydrogens is 394 g/mol. The van der Waals surface area contributed by atoms with E-state index in [2.05, 4.69) is 25.2 Å². The average molecular weight is 422 g/mol. The topological polar surface area (TPSA) is 109 Å². The molecule has 9 nitrogen and oxygen atoms in total. The molecule has 9 heteroatoms. The Morgan fingerprint density at radius 2 is 2.00 bits per heavy atom. The van der Waals surface area contributed by atoms with Crippen LogP contribution in [0.2, 0.25) is 0 Å². The summed E-state index contributed by atoms with van der Waals surface area (Å²) in [6, 6.07) is 7.23. The highest BCUT2D eigenvalue weighted by Crippen LogP contribution is 2.29. The number of aliphatic hydroxyl groups is 1. The van der Waals surface area contributed by atoms with E-state index in [1.165, 1.54) is 11.0 Å². The van der Waals surface area contributed by atoms with E-state index in [1.807, 2.05) is 18.2 Å². The third-order valence-corrected chi connectivity index (χ3v) is 6.40. The first-order valence-electron chi connectivity index (χ1n) is 11.0. The van der Waals surface area contributed by atoms with E-state index in [4.69, 9.17) is 5.10 Å². The summed E-state index contributed by atoms with van der Waals surface area (Å²) in [5.74, 6) is 1.56. The van der Waals surface area contributed by atoms with Crippen molar-refractivity contribution in [2.75, 3.05) is 23.3 Å². The molecule has 2 N–H and O–H groups in total. The minimum absolute atomic E-state index is 0.152. The zero-order valence-corrected chi connectivity index (χ0v) is 17.4. The number of rotatable bonds is 5. The molecule has 5 rings (SSSR count). The van der Waals surface area contributed by atoms with Crippen molar-refractivity contribution in [2.24, 2.45) is 0 Å². The molecular formula is C22H27N7O2. The highest BCUT2D eigenvalue weighted by molar-refractivity contribution is 5.85. The van der Waals surface area contributed by atoms with Gasteiger partial charge in [0.15, 0.2) is 5.65 Å². The van der Waals surface area contributed by atoms with E-state index in [9.17, 15) is 9.90 Å². The molecule has 4 heterocycles. The third kappa shape index (κ3) is 3.97. The molecule has 3 atom stereocenters. The van der Waals surface area contributed by atoms with Crippen molar-refractivity contribution in [3.8, 4) is 0 Å². The van der Waals surface area contributed by atoms with Crippen LogP contribution in [-0.2, 0) is 0 Å². The molecule has 0 spiro atoms. The Bertz CT molecular complexity index is 1110. The summed E-state index contributed by atoms with van der Waals surface area (Å²) in [5.41, 5.74) is 0.519. The van der Waals surface area contributed by atoms with Crippen LogP contribution >= 0.6 is 0 Å². The summed E-state index contributed by atoms with van der Waals surface area (Å²) in [6.45, 7) is 1.59. The number of fused-ring (bicyclic) bond motifs is 1. The number of piperidine rings is 1. The van der Waals surface area contributed by atoms with Crippen molar-refractivity contribution in [1.29, 1.82) is 0 Å². The summed E-state index contributed by atoms with van der Waals surface area (Å²) in [5, 5.41) is 19.3. The molecule has 3 aromatic heterocycles. The van der Waals surface area contributed by atoms with Crippen LogP contribution in [0.25, 0.3) is 11.0 Å². The van der Waals surface area contributed by atoms with Crippen LogP contribution in [0.4, 0.5) is 11.6 Å². The Kier molecular flexibility index (Phi) is 5.50. The van der Waals surface area contributed by atoms with Crippen LogP contribution in [0.3, 0.4) is 0 Å². The lowest BCUT2D eigenvalue weighted by Crippen LogP contribution is -2.45. The second kappa shape index (κ2) is 8.58. The van der Waals surface area contributed by atoms with Gasteiger partial charge in [0.05, 0.1) is 17.5 Å². The number of hydrogen-bond acceptors (Lipinski definition) is 8. The van der Waals surface area contributed by atoms with Crippen molar-refractivity contribution >= 4 is 22.7 Å². The summed E-state index contributed by atoms with van der Waals surface area (Å²) in [4.78, 5) is 27.6. The van der Waals surface area contributed by atoms with Crippen molar-refractivity contribution in [2.45, 2.75) is 56.7 Å². The van der Waals surface area contributed by atoms with Gasteiger partial charge in [-0.25, -0.2) is 19.6 Å². The maximum Gasteiger partial charge on any atom is 0.267 e. The Labute approximate surface area is 180 Å². The van der Waals surface area contributed by atoms with Crippen LogP contribution in [-0.4, -0.2) is 55.1 Å². The van der Waals surface area contributed by atoms with Crippen LogP contribution in [0.5, 0.6) is 0 Å². The summed E-state index contributed by atoms with van der Waals surface area (Å²) in [7, 11) is 0. The van der Waals surface area contributed by atoms with Crippen molar-refractivity contribution < 1.29 is 5.11 Å². The molecule has 0 radical (unpaired) electrons. The van der Waals surface area contributed by atoms with Gasteiger partial charge in [-0.2, -0.15) is 5.10 Å². The zero-order valence-electron chi connectivity index (χ0n) is 17.4. The molecule has 0 aromatic carbocycles. The number of nitrogens with zero attached hydrogens (tertiary/aromatic N) is 6. The van der Waals surface area contributed by atoms with Gasteiger partial charge in [0.25, 0.3) is 5.56 Å². The van der Waals surface area contributed by atoms with Crippen LogP contribution < -0.4 is 15.8 Å². The Balaban J connectivity index is 1.38. The fraction of sp³-hybridized carbons (Fsp3) is 0.500. The SMILES string of the molecule is O=c1ccc(N2CCCCC2CNc2ncnc3ncccc23)nn1C1CCCC1O. The van der Waals surface area contributed by atoms with Gasteiger partial charge in [-0.15, -0.1) is 0 Å². The number of nitrogens with one attached hydrogen (secondary N) is 1. The number of aromatic nitrogens is 5. The second-order valence-corrected chi connectivity index (χ2v) is 8.36. The fourth-order valence-corrected chi connectivity index (χ4v) is 4.78. The lowest BCUT2D eigenvalue weighted by atomic mass is 10.0. The normalized spacial score (nSPS) is 23.9. The average Bonchev–Trinajstić information content (AvgIpc) is 3.24. The molecule has 1 aliphatic carbocycles. The quantitative estimate of drug-likeness (QED) is 0.645. The molecule has 1 saturated carbocycles. The molecule has 0 bridgehead atoms. The standard InChI is InChI=1S/C22H27N7O2/c30-18-8-3-7-17(18)29-20(31)10-9-19(27-29)28-12-2-1-5-15(28)13-24-22-16-6-4-11-23-21(16)25-14-26-22/h4,6,9-11,14-15,17-18,30H,1-3,5,7-8,12-13H2,(H,23,24,25,26). The summed E-state index contributed by atoms with van der Waals surface area (Å²) in [6.07, 6.45) is 8.45. The molecule has 2 aliphatic rings. The first-order chi connectivity index (χ1) is 15.2. The Hall–Kier alpha value is -3.07. The van der Waals surface area contributed by atoms with E-state index in [0.717, 1.165) is 62.1 Å².